The summed E-state index contributed by atoms with van der Waals surface area (Å²) in [6, 6.07) is 15.7. The van der Waals surface area contributed by atoms with Crippen LogP contribution in [0.3, 0.4) is 0 Å². The molecule has 0 bridgehead atoms. The van der Waals surface area contributed by atoms with Gasteiger partial charge >= 0.3 is 0 Å². The zero-order valence-electron chi connectivity index (χ0n) is 15.9. The topological polar surface area (TPSA) is 51.7 Å². The van der Waals surface area contributed by atoms with Crippen molar-refractivity contribution in [1.82, 2.24) is 9.88 Å². The van der Waals surface area contributed by atoms with Crippen LogP contribution in [0.15, 0.2) is 53.9 Å². The van der Waals surface area contributed by atoms with Crippen molar-refractivity contribution in [3.63, 3.8) is 0 Å². The van der Waals surface area contributed by atoms with E-state index in [-0.39, 0.29) is 11.9 Å². The Bertz CT molecular complexity index is 968. The van der Waals surface area contributed by atoms with E-state index in [1.807, 2.05) is 52.7 Å². The van der Waals surface area contributed by atoms with Crippen molar-refractivity contribution < 1.29 is 14.3 Å². The van der Waals surface area contributed by atoms with Crippen LogP contribution in [0, 0.1) is 0 Å². The van der Waals surface area contributed by atoms with Crippen molar-refractivity contribution in [1.29, 1.82) is 0 Å². The van der Waals surface area contributed by atoms with E-state index in [2.05, 4.69) is 11.1 Å². The molecule has 2 aromatic carbocycles. The van der Waals surface area contributed by atoms with E-state index in [1.165, 1.54) is 11.3 Å². The number of hydrogen-bond acceptors (Lipinski definition) is 5. The molecule has 0 radical (unpaired) electrons. The van der Waals surface area contributed by atoms with E-state index >= 15 is 0 Å². The average Bonchev–Trinajstić information content (AvgIpc) is 3.43. The van der Waals surface area contributed by atoms with Crippen LogP contribution in [0.4, 0.5) is 0 Å². The number of hydrogen-bond donors (Lipinski definition) is 0. The highest BCUT2D eigenvalue weighted by molar-refractivity contribution is 7.13. The number of ether oxygens (including phenoxy) is 2. The van der Waals surface area contributed by atoms with Crippen molar-refractivity contribution in [2.45, 2.75) is 18.9 Å². The Kier molecular flexibility index (Phi) is 5.30. The molecule has 5 nitrogen and oxygen atoms in total. The van der Waals surface area contributed by atoms with Crippen molar-refractivity contribution in [3.8, 4) is 22.1 Å². The van der Waals surface area contributed by atoms with E-state index in [4.69, 9.17) is 9.47 Å². The van der Waals surface area contributed by atoms with E-state index in [1.54, 1.807) is 14.2 Å². The van der Waals surface area contributed by atoms with Gasteiger partial charge in [-0.25, -0.2) is 4.98 Å². The van der Waals surface area contributed by atoms with Gasteiger partial charge in [-0.3, -0.25) is 4.79 Å². The third kappa shape index (κ3) is 3.60. The Hall–Kier alpha value is -2.86. The zero-order chi connectivity index (χ0) is 19.5. The second-order valence-electron chi connectivity index (χ2n) is 6.70. The fraction of sp³-hybridized carbons (Fsp3) is 0.273. The number of thiazole rings is 1. The maximum absolute atomic E-state index is 13.1. The summed E-state index contributed by atoms with van der Waals surface area (Å²) in [4.78, 5) is 19.7. The summed E-state index contributed by atoms with van der Waals surface area (Å²) in [5.74, 6) is 1.60. The van der Waals surface area contributed by atoms with Crippen LogP contribution in [-0.4, -0.2) is 36.6 Å². The Morgan fingerprint density at radius 3 is 2.64 bits per heavy atom. The van der Waals surface area contributed by atoms with Gasteiger partial charge in [0, 0.05) is 17.5 Å². The minimum absolute atomic E-state index is 0.0127. The number of carbonyl (C=O) groups excluding carboxylic acids is 1. The monoisotopic (exact) mass is 394 g/mol. The number of carbonyl (C=O) groups is 1. The predicted molar refractivity (Wildman–Crippen MR) is 110 cm³/mol. The van der Waals surface area contributed by atoms with Gasteiger partial charge in [-0.2, -0.15) is 0 Å². The first-order chi connectivity index (χ1) is 13.7. The number of nitrogens with zero attached hydrogens (tertiary/aromatic N) is 2. The third-order valence-electron chi connectivity index (χ3n) is 5.05. The number of likely N-dealkylation sites (tertiary alicyclic amines) is 1. The van der Waals surface area contributed by atoms with Crippen LogP contribution in [0.25, 0.3) is 10.6 Å². The SMILES string of the molecule is COc1ccc(-c2nc(C(=O)N3CCC[C@H]3c3cccc(OC)c3)cs2)cc1. The smallest absolute Gasteiger partial charge is 0.273 e. The van der Waals surface area contributed by atoms with Gasteiger partial charge in [0.15, 0.2) is 0 Å². The quantitative estimate of drug-likeness (QED) is 0.623. The molecule has 1 saturated heterocycles. The molecule has 4 rings (SSSR count). The predicted octanol–water partition coefficient (Wildman–Crippen LogP) is 4.80. The maximum Gasteiger partial charge on any atom is 0.273 e. The molecule has 1 aliphatic heterocycles. The van der Waals surface area contributed by atoms with Crippen LogP contribution in [0.1, 0.15) is 34.9 Å². The van der Waals surface area contributed by atoms with Crippen molar-refractivity contribution in [3.05, 3.63) is 65.2 Å². The molecular weight excluding hydrogens is 372 g/mol. The molecule has 1 aliphatic rings. The molecule has 0 aliphatic carbocycles. The van der Waals surface area contributed by atoms with Gasteiger partial charge in [-0.05, 0) is 54.8 Å². The van der Waals surface area contributed by atoms with E-state index in [0.29, 0.717) is 5.69 Å². The molecule has 1 aromatic heterocycles. The van der Waals surface area contributed by atoms with Gasteiger partial charge in [-0.1, -0.05) is 12.1 Å². The molecule has 3 aromatic rings. The summed E-state index contributed by atoms with van der Waals surface area (Å²) < 4.78 is 10.5. The number of benzene rings is 2. The van der Waals surface area contributed by atoms with Crippen molar-refractivity contribution in [2.75, 3.05) is 20.8 Å². The molecule has 28 heavy (non-hydrogen) atoms. The maximum atomic E-state index is 13.1. The van der Waals surface area contributed by atoms with E-state index in [0.717, 1.165) is 47.0 Å². The normalized spacial score (nSPS) is 16.2. The Balaban J connectivity index is 1.55. The molecule has 6 heteroatoms. The first-order valence-electron chi connectivity index (χ1n) is 9.24. The number of amides is 1. The highest BCUT2D eigenvalue weighted by Crippen LogP contribution is 2.35. The molecule has 144 valence electrons. The van der Waals surface area contributed by atoms with Crippen LogP contribution in [0.5, 0.6) is 11.5 Å². The molecule has 1 amide bonds. The molecule has 1 fully saturated rings. The van der Waals surface area contributed by atoms with Crippen LogP contribution >= 0.6 is 11.3 Å². The first-order valence-corrected chi connectivity index (χ1v) is 10.1. The fourth-order valence-corrected chi connectivity index (χ4v) is 4.39. The third-order valence-corrected chi connectivity index (χ3v) is 5.94. The van der Waals surface area contributed by atoms with E-state index in [9.17, 15) is 4.79 Å². The summed E-state index contributed by atoms with van der Waals surface area (Å²) in [5, 5.41) is 2.69. The molecular formula is C22H22N2O3S. The molecule has 0 saturated carbocycles. The van der Waals surface area contributed by atoms with Gasteiger partial charge in [0.1, 0.15) is 22.2 Å². The lowest BCUT2D eigenvalue weighted by Gasteiger charge is -2.24. The lowest BCUT2D eigenvalue weighted by molar-refractivity contribution is 0.0730. The van der Waals surface area contributed by atoms with Gasteiger partial charge < -0.3 is 14.4 Å². The van der Waals surface area contributed by atoms with Gasteiger partial charge in [0.2, 0.25) is 0 Å². The second kappa shape index (κ2) is 8.02. The Morgan fingerprint density at radius 2 is 1.89 bits per heavy atom. The van der Waals surface area contributed by atoms with E-state index < -0.39 is 0 Å². The molecule has 2 heterocycles. The highest BCUT2D eigenvalue weighted by atomic mass is 32.1. The lowest BCUT2D eigenvalue weighted by Crippen LogP contribution is -2.30. The number of rotatable bonds is 5. The summed E-state index contributed by atoms with van der Waals surface area (Å²) >= 11 is 1.49. The van der Waals surface area contributed by atoms with Gasteiger partial charge in [0.05, 0.1) is 20.3 Å². The number of methoxy groups -OCH3 is 2. The Morgan fingerprint density at radius 1 is 1.11 bits per heavy atom. The molecule has 0 unspecified atom stereocenters. The number of aromatic nitrogens is 1. The zero-order valence-corrected chi connectivity index (χ0v) is 16.7. The Labute approximate surface area is 168 Å². The first kappa shape index (κ1) is 18.5. The molecule has 1 atom stereocenters. The lowest BCUT2D eigenvalue weighted by atomic mass is 10.0. The molecule has 0 spiro atoms. The molecule has 0 N–H and O–H groups in total. The summed E-state index contributed by atoms with van der Waals surface area (Å²) in [7, 11) is 3.30. The summed E-state index contributed by atoms with van der Waals surface area (Å²) in [6.07, 6.45) is 1.94. The van der Waals surface area contributed by atoms with Gasteiger partial charge in [-0.15, -0.1) is 11.3 Å². The standard InChI is InChI=1S/C22H22N2O3S/c1-26-17-10-8-15(9-11-17)21-23-19(14-28-21)22(25)24-12-4-7-20(24)16-5-3-6-18(13-16)27-2/h3,5-6,8-11,13-14,20H,4,7,12H2,1-2H3/t20-/m0/s1. The highest BCUT2D eigenvalue weighted by Gasteiger charge is 2.32. The minimum Gasteiger partial charge on any atom is -0.497 e. The largest absolute Gasteiger partial charge is 0.497 e. The summed E-state index contributed by atoms with van der Waals surface area (Å²) in [5.41, 5.74) is 2.59. The fourth-order valence-electron chi connectivity index (χ4n) is 3.59. The van der Waals surface area contributed by atoms with Crippen LogP contribution < -0.4 is 9.47 Å². The minimum atomic E-state index is -0.0127. The average molecular weight is 394 g/mol. The van der Waals surface area contributed by atoms with Crippen molar-refractivity contribution in [2.24, 2.45) is 0 Å². The summed E-state index contributed by atoms with van der Waals surface area (Å²) in [6.45, 7) is 0.746. The van der Waals surface area contributed by atoms with Crippen LogP contribution in [-0.2, 0) is 0 Å². The second-order valence-corrected chi connectivity index (χ2v) is 7.56. The van der Waals surface area contributed by atoms with Crippen LogP contribution in [0.2, 0.25) is 0 Å². The van der Waals surface area contributed by atoms with Gasteiger partial charge in [0.25, 0.3) is 5.91 Å². The van der Waals surface area contributed by atoms with Crippen molar-refractivity contribution >= 4 is 17.2 Å².